The van der Waals surface area contributed by atoms with Crippen molar-refractivity contribution in [3.05, 3.63) is 34.2 Å². The van der Waals surface area contributed by atoms with E-state index in [1.807, 2.05) is 24.4 Å². The number of thiophene rings is 1. The number of amides is 1. The molecule has 17 heavy (non-hydrogen) atoms. The molecule has 0 bridgehead atoms. The van der Waals surface area contributed by atoms with Gasteiger partial charge in [-0.1, -0.05) is 6.07 Å². The number of nitrogens with two attached hydrogens (primary N) is 1. The van der Waals surface area contributed by atoms with Crippen LogP contribution in [0.15, 0.2) is 23.7 Å². The van der Waals surface area contributed by atoms with E-state index in [0.717, 1.165) is 4.88 Å². The lowest BCUT2D eigenvalue weighted by molar-refractivity contribution is 0.0755. The molecule has 0 aliphatic rings. The summed E-state index contributed by atoms with van der Waals surface area (Å²) in [4.78, 5) is 15.1. The number of anilines is 1. The molecule has 0 atom stereocenters. The number of hydrogen-bond acceptors (Lipinski definition) is 4. The first kappa shape index (κ1) is 11.7. The molecule has 6 heteroatoms. The van der Waals surface area contributed by atoms with Gasteiger partial charge in [-0.3, -0.25) is 9.89 Å². The Morgan fingerprint density at radius 3 is 3.00 bits per heavy atom. The maximum atomic E-state index is 12.2. The fourth-order valence-corrected chi connectivity index (χ4v) is 2.27. The predicted octanol–water partition coefficient (Wildman–Crippen LogP) is 1.72. The Morgan fingerprint density at radius 1 is 1.65 bits per heavy atom. The van der Waals surface area contributed by atoms with Crippen molar-refractivity contribution < 1.29 is 4.79 Å². The van der Waals surface area contributed by atoms with E-state index in [4.69, 9.17) is 5.73 Å². The topological polar surface area (TPSA) is 75.0 Å². The van der Waals surface area contributed by atoms with Crippen LogP contribution in [0.4, 0.5) is 5.82 Å². The summed E-state index contributed by atoms with van der Waals surface area (Å²) in [5, 5.41) is 8.33. The van der Waals surface area contributed by atoms with Crippen molar-refractivity contribution in [2.75, 3.05) is 12.3 Å². The molecule has 1 amide bonds. The molecule has 3 N–H and O–H groups in total. The fraction of sp³-hybridized carbons (Fsp3) is 0.273. The molecule has 0 aromatic carbocycles. The summed E-state index contributed by atoms with van der Waals surface area (Å²) in [7, 11) is 0. The van der Waals surface area contributed by atoms with Crippen molar-refractivity contribution in [3.8, 4) is 0 Å². The molecule has 90 valence electrons. The molecule has 0 aliphatic heterocycles. The fourth-order valence-electron chi connectivity index (χ4n) is 1.55. The number of carbonyl (C=O) groups is 1. The number of aromatic amines is 1. The zero-order valence-electron chi connectivity index (χ0n) is 9.51. The molecule has 0 spiro atoms. The quantitative estimate of drug-likeness (QED) is 0.867. The van der Waals surface area contributed by atoms with Crippen LogP contribution in [-0.2, 0) is 6.54 Å². The summed E-state index contributed by atoms with van der Waals surface area (Å²) in [6.45, 7) is 3.20. The van der Waals surface area contributed by atoms with Gasteiger partial charge in [-0.2, -0.15) is 5.10 Å². The van der Waals surface area contributed by atoms with Gasteiger partial charge in [0.15, 0.2) is 0 Å². The van der Waals surface area contributed by atoms with Crippen LogP contribution in [0.1, 0.15) is 22.2 Å². The molecule has 0 saturated heterocycles. The van der Waals surface area contributed by atoms with E-state index in [1.165, 1.54) is 6.20 Å². The largest absolute Gasteiger partial charge is 0.383 e. The van der Waals surface area contributed by atoms with Gasteiger partial charge in [0.1, 0.15) is 11.4 Å². The van der Waals surface area contributed by atoms with E-state index in [1.54, 1.807) is 16.2 Å². The normalized spacial score (nSPS) is 10.4. The number of aromatic nitrogens is 2. The third kappa shape index (κ3) is 2.47. The summed E-state index contributed by atoms with van der Waals surface area (Å²) in [6.07, 6.45) is 1.47. The van der Waals surface area contributed by atoms with Crippen LogP contribution in [0.2, 0.25) is 0 Å². The molecular weight excluding hydrogens is 236 g/mol. The Morgan fingerprint density at radius 2 is 2.47 bits per heavy atom. The average molecular weight is 250 g/mol. The van der Waals surface area contributed by atoms with E-state index in [0.29, 0.717) is 24.5 Å². The molecule has 0 unspecified atom stereocenters. The Labute approximate surface area is 103 Å². The maximum Gasteiger partial charge on any atom is 0.259 e. The lowest BCUT2D eigenvalue weighted by Gasteiger charge is -2.19. The van der Waals surface area contributed by atoms with Crippen LogP contribution in [0.25, 0.3) is 0 Å². The summed E-state index contributed by atoms with van der Waals surface area (Å²) in [5.74, 6) is 0.228. The number of carbonyl (C=O) groups excluding carboxylic acids is 1. The molecule has 0 fully saturated rings. The summed E-state index contributed by atoms with van der Waals surface area (Å²) in [6, 6.07) is 3.99. The van der Waals surface area contributed by atoms with Crippen molar-refractivity contribution in [3.63, 3.8) is 0 Å². The van der Waals surface area contributed by atoms with Crippen LogP contribution in [-0.4, -0.2) is 27.5 Å². The van der Waals surface area contributed by atoms with Crippen molar-refractivity contribution in [1.29, 1.82) is 0 Å². The minimum atomic E-state index is -0.0906. The second-order valence-corrected chi connectivity index (χ2v) is 4.63. The predicted molar refractivity (Wildman–Crippen MR) is 67.7 cm³/mol. The molecule has 0 radical (unpaired) electrons. The van der Waals surface area contributed by atoms with Crippen molar-refractivity contribution in [2.45, 2.75) is 13.5 Å². The van der Waals surface area contributed by atoms with Crippen molar-refractivity contribution in [2.24, 2.45) is 0 Å². The van der Waals surface area contributed by atoms with Crippen LogP contribution in [0.5, 0.6) is 0 Å². The highest BCUT2D eigenvalue weighted by molar-refractivity contribution is 7.09. The third-order valence-electron chi connectivity index (χ3n) is 2.49. The third-order valence-corrected chi connectivity index (χ3v) is 3.36. The van der Waals surface area contributed by atoms with Gasteiger partial charge >= 0.3 is 0 Å². The number of nitrogens with zero attached hydrogens (tertiary/aromatic N) is 2. The number of hydrogen-bond donors (Lipinski definition) is 2. The first-order valence-electron chi connectivity index (χ1n) is 5.33. The zero-order chi connectivity index (χ0) is 12.3. The van der Waals surface area contributed by atoms with E-state index < -0.39 is 0 Å². The van der Waals surface area contributed by atoms with Gasteiger partial charge < -0.3 is 10.6 Å². The van der Waals surface area contributed by atoms with Crippen molar-refractivity contribution in [1.82, 2.24) is 15.1 Å². The second kappa shape index (κ2) is 5.01. The smallest absolute Gasteiger partial charge is 0.259 e. The van der Waals surface area contributed by atoms with E-state index in [9.17, 15) is 4.79 Å². The SMILES string of the molecule is CCN(Cc1cccs1)C(=O)c1cn[nH]c1N. The van der Waals surface area contributed by atoms with Crippen molar-refractivity contribution >= 4 is 23.1 Å². The van der Waals surface area contributed by atoms with Crippen LogP contribution in [0, 0.1) is 0 Å². The molecule has 0 aliphatic carbocycles. The Hall–Kier alpha value is -1.82. The number of rotatable bonds is 4. The van der Waals surface area contributed by atoms with Gasteiger partial charge in [-0.15, -0.1) is 11.3 Å². The molecule has 2 aromatic heterocycles. The molecular formula is C11H14N4OS. The van der Waals surface area contributed by atoms with Gasteiger partial charge in [0, 0.05) is 11.4 Å². The standard InChI is InChI=1S/C11H14N4OS/c1-2-15(7-8-4-3-5-17-8)11(16)9-6-13-14-10(9)12/h3-6H,2,7H2,1H3,(H3,12,13,14). The maximum absolute atomic E-state index is 12.2. The van der Waals surface area contributed by atoms with Crippen LogP contribution >= 0.6 is 11.3 Å². The van der Waals surface area contributed by atoms with Gasteiger partial charge in [0.25, 0.3) is 5.91 Å². The van der Waals surface area contributed by atoms with Gasteiger partial charge in [-0.05, 0) is 18.4 Å². The average Bonchev–Trinajstić information content (AvgIpc) is 2.96. The minimum absolute atomic E-state index is 0.0906. The number of nitrogen functional groups attached to an aromatic ring is 1. The number of nitrogens with one attached hydrogen (secondary N) is 1. The Kier molecular flexibility index (Phi) is 3.43. The highest BCUT2D eigenvalue weighted by Gasteiger charge is 2.18. The lowest BCUT2D eigenvalue weighted by atomic mass is 10.2. The highest BCUT2D eigenvalue weighted by atomic mass is 32.1. The molecule has 0 saturated carbocycles. The first-order chi connectivity index (χ1) is 8.22. The van der Waals surface area contributed by atoms with Gasteiger partial charge in [0.2, 0.25) is 0 Å². The van der Waals surface area contributed by atoms with E-state index >= 15 is 0 Å². The van der Waals surface area contributed by atoms with Crippen LogP contribution < -0.4 is 5.73 Å². The van der Waals surface area contributed by atoms with E-state index in [2.05, 4.69) is 10.2 Å². The zero-order valence-corrected chi connectivity index (χ0v) is 10.3. The van der Waals surface area contributed by atoms with Crippen LogP contribution in [0.3, 0.4) is 0 Å². The monoisotopic (exact) mass is 250 g/mol. The van der Waals surface area contributed by atoms with Gasteiger partial charge in [0.05, 0.1) is 12.7 Å². The molecule has 2 heterocycles. The van der Waals surface area contributed by atoms with E-state index in [-0.39, 0.29) is 5.91 Å². The summed E-state index contributed by atoms with van der Waals surface area (Å²) < 4.78 is 0. The Balaban J connectivity index is 2.14. The molecule has 5 nitrogen and oxygen atoms in total. The summed E-state index contributed by atoms with van der Waals surface area (Å²) >= 11 is 1.64. The lowest BCUT2D eigenvalue weighted by Crippen LogP contribution is -2.30. The molecule has 2 aromatic rings. The van der Waals surface area contributed by atoms with Gasteiger partial charge in [-0.25, -0.2) is 0 Å². The second-order valence-electron chi connectivity index (χ2n) is 3.60. The highest BCUT2D eigenvalue weighted by Crippen LogP contribution is 2.16. The minimum Gasteiger partial charge on any atom is -0.383 e. The number of H-pyrrole nitrogens is 1. The molecule has 2 rings (SSSR count). The summed E-state index contributed by atoms with van der Waals surface area (Å²) in [5.41, 5.74) is 6.08. The first-order valence-corrected chi connectivity index (χ1v) is 6.20. The Bertz CT molecular complexity index is 491.